The topological polar surface area (TPSA) is 51.6 Å². The van der Waals surface area contributed by atoms with Crippen LogP contribution in [0.5, 0.6) is 0 Å². The molecule has 0 aliphatic rings. The van der Waals surface area contributed by atoms with Gasteiger partial charge in [-0.3, -0.25) is 9.97 Å². The zero-order chi connectivity index (χ0) is 22.7. The second-order valence-corrected chi connectivity index (χ2v) is 8.01. The smallest absolute Gasteiger partial charge is 0.160 e. The van der Waals surface area contributed by atoms with Crippen molar-refractivity contribution in [3.05, 3.63) is 122 Å². The van der Waals surface area contributed by atoms with Crippen molar-refractivity contribution in [1.82, 2.24) is 19.9 Å². The Morgan fingerprint density at radius 2 is 1.03 bits per heavy atom. The Morgan fingerprint density at radius 1 is 0.441 bits per heavy atom. The maximum atomic E-state index is 5.06. The molecule has 0 saturated heterocycles. The molecule has 6 aromatic rings. The first-order valence-corrected chi connectivity index (χ1v) is 11.2. The van der Waals surface area contributed by atoms with Gasteiger partial charge in [-0.05, 0) is 48.5 Å². The summed E-state index contributed by atoms with van der Waals surface area (Å²) >= 11 is 0. The fourth-order valence-electron chi connectivity index (χ4n) is 4.14. The number of pyridine rings is 2. The van der Waals surface area contributed by atoms with Crippen LogP contribution in [0.15, 0.2) is 122 Å². The molecular weight excluding hydrogens is 416 g/mol. The van der Waals surface area contributed by atoms with Crippen molar-refractivity contribution in [2.24, 2.45) is 0 Å². The van der Waals surface area contributed by atoms with Crippen molar-refractivity contribution < 1.29 is 0 Å². The van der Waals surface area contributed by atoms with Gasteiger partial charge in [0.1, 0.15) is 0 Å². The summed E-state index contributed by atoms with van der Waals surface area (Å²) in [4.78, 5) is 19.1. The molecule has 0 radical (unpaired) electrons. The summed E-state index contributed by atoms with van der Waals surface area (Å²) in [6, 6.07) is 36.6. The summed E-state index contributed by atoms with van der Waals surface area (Å²) in [6.07, 6.45) is 3.63. The molecule has 0 bridgehead atoms. The number of benzene rings is 3. The van der Waals surface area contributed by atoms with Crippen LogP contribution in [0.2, 0.25) is 0 Å². The van der Waals surface area contributed by atoms with Crippen molar-refractivity contribution >= 4 is 10.9 Å². The van der Waals surface area contributed by atoms with E-state index >= 15 is 0 Å². The summed E-state index contributed by atoms with van der Waals surface area (Å²) in [5.41, 5.74) is 7.63. The van der Waals surface area contributed by atoms with E-state index in [9.17, 15) is 0 Å². The standard InChI is InChI=1S/C30H20N4/c1-2-10-21(11-3-1)30-33-28-15-5-4-12-25(28)29(34-30)24-19-22(26-13-6-8-16-31-26)18-23(20-24)27-14-7-9-17-32-27/h1-20H. The fourth-order valence-corrected chi connectivity index (χ4v) is 4.14. The van der Waals surface area contributed by atoms with Crippen molar-refractivity contribution in [3.8, 4) is 45.2 Å². The van der Waals surface area contributed by atoms with Crippen LogP contribution in [-0.2, 0) is 0 Å². The molecule has 3 aromatic carbocycles. The molecule has 6 rings (SSSR count). The summed E-state index contributed by atoms with van der Waals surface area (Å²) in [7, 11) is 0. The molecule has 4 nitrogen and oxygen atoms in total. The lowest BCUT2D eigenvalue weighted by Crippen LogP contribution is -1.96. The highest BCUT2D eigenvalue weighted by molar-refractivity contribution is 5.95. The van der Waals surface area contributed by atoms with Crippen LogP contribution in [0.1, 0.15) is 0 Å². The van der Waals surface area contributed by atoms with E-state index in [1.54, 1.807) is 0 Å². The molecule has 0 unspecified atom stereocenters. The lowest BCUT2D eigenvalue weighted by atomic mass is 9.97. The van der Waals surface area contributed by atoms with Gasteiger partial charge in [0.2, 0.25) is 0 Å². The van der Waals surface area contributed by atoms with Gasteiger partial charge in [0.25, 0.3) is 0 Å². The zero-order valence-electron chi connectivity index (χ0n) is 18.3. The summed E-state index contributed by atoms with van der Waals surface area (Å²) in [6.45, 7) is 0. The molecule has 0 amide bonds. The largest absolute Gasteiger partial charge is 0.256 e. The van der Waals surface area contributed by atoms with Gasteiger partial charge < -0.3 is 0 Å². The average Bonchev–Trinajstić information content (AvgIpc) is 2.93. The second-order valence-electron chi connectivity index (χ2n) is 8.01. The Labute approximate surface area is 197 Å². The predicted octanol–water partition coefficient (Wildman–Crippen LogP) is 7.09. The molecule has 0 spiro atoms. The summed E-state index contributed by atoms with van der Waals surface area (Å²) in [5, 5.41) is 1.01. The highest BCUT2D eigenvalue weighted by Gasteiger charge is 2.14. The van der Waals surface area contributed by atoms with Gasteiger partial charge >= 0.3 is 0 Å². The van der Waals surface area contributed by atoms with Crippen LogP contribution in [0, 0.1) is 0 Å². The third-order valence-corrected chi connectivity index (χ3v) is 5.76. The maximum Gasteiger partial charge on any atom is 0.160 e. The molecule has 0 N–H and O–H groups in total. The molecule has 0 aliphatic heterocycles. The number of fused-ring (bicyclic) bond motifs is 1. The number of nitrogens with zero attached hydrogens (tertiary/aromatic N) is 4. The number of hydrogen-bond acceptors (Lipinski definition) is 4. The van der Waals surface area contributed by atoms with E-state index in [2.05, 4.69) is 34.2 Å². The zero-order valence-corrected chi connectivity index (χ0v) is 18.3. The lowest BCUT2D eigenvalue weighted by molar-refractivity contribution is 1.23. The van der Waals surface area contributed by atoms with Gasteiger partial charge in [-0.15, -0.1) is 0 Å². The summed E-state index contributed by atoms with van der Waals surface area (Å²) < 4.78 is 0. The fraction of sp³-hybridized carbons (Fsp3) is 0. The minimum absolute atomic E-state index is 0.705. The van der Waals surface area contributed by atoms with E-state index in [0.717, 1.165) is 50.2 Å². The minimum Gasteiger partial charge on any atom is -0.256 e. The number of aromatic nitrogens is 4. The van der Waals surface area contributed by atoms with Crippen LogP contribution >= 0.6 is 0 Å². The normalized spacial score (nSPS) is 10.9. The van der Waals surface area contributed by atoms with Crippen LogP contribution in [-0.4, -0.2) is 19.9 Å². The number of para-hydroxylation sites is 1. The Balaban J connectivity index is 1.63. The molecule has 0 aliphatic carbocycles. The number of hydrogen-bond donors (Lipinski definition) is 0. The lowest BCUT2D eigenvalue weighted by Gasteiger charge is -2.13. The second kappa shape index (κ2) is 8.68. The van der Waals surface area contributed by atoms with E-state index in [0.29, 0.717) is 5.82 Å². The van der Waals surface area contributed by atoms with Crippen LogP contribution in [0.4, 0.5) is 0 Å². The third-order valence-electron chi connectivity index (χ3n) is 5.76. The predicted molar refractivity (Wildman–Crippen MR) is 137 cm³/mol. The van der Waals surface area contributed by atoms with Gasteiger partial charge in [-0.2, -0.15) is 0 Å². The van der Waals surface area contributed by atoms with Gasteiger partial charge in [0, 0.05) is 40.0 Å². The molecule has 0 saturated carbocycles. The van der Waals surface area contributed by atoms with Gasteiger partial charge in [-0.25, -0.2) is 9.97 Å². The van der Waals surface area contributed by atoms with Gasteiger partial charge in [-0.1, -0.05) is 60.7 Å². The maximum absolute atomic E-state index is 5.06. The molecule has 3 aromatic heterocycles. The molecule has 3 heterocycles. The van der Waals surface area contributed by atoms with Gasteiger partial charge in [0.05, 0.1) is 22.6 Å². The van der Waals surface area contributed by atoms with E-state index in [4.69, 9.17) is 9.97 Å². The quantitative estimate of drug-likeness (QED) is 0.296. The van der Waals surface area contributed by atoms with E-state index in [1.165, 1.54) is 0 Å². The van der Waals surface area contributed by atoms with Crippen molar-refractivity contribution in [2.75, 3.05) is 0 Å². The van der Waals surface area contributed by atoms with E-state index < -0.39 is 0 Å². The monoisotopic (exact) mass is 436 g/mol. The first-order valence-electron chi connectivity index (χ1n) is 11.2. The third kappa shape index (κ3) is 3.82. The minimum atomic E-state index is 0.705. The first-order chi connectivity index (χ1) is 16.8. The first kappa shape index (κ1) is 19.9. The molecular formula is C30H20N4. The highest BCUT2D eigenvalue weighted by Crippen LogP contribution is 2.34. The van der Waals surface area contributed by atoms with E-state index in [-0.39, 0.29) is 0 Å². The molecule has 0 fully saturated rings. The van der Waals surface area contributed by atoms with Crippen molar-refractivity contribution in [3.63, 3.8) is 0 Å². The Bertz CT molecular complexity index is 1520. The molecule has 34 heavy (non-hydrogen) atoms. The van der Waals surface area contributed by atoms with Crippen molar-refractivity contribution in [1.29, 1.82) is 0 Å². The Morgan fingerprint density at radius 3 is 1.68 bits per heavy atom. The molecule has 160 valence electrons. The van der Waals surface area contributed by atoms with Crippen LogP contribution < -0.4 is 0 Å². The molecule has 0 atom stereocenters. The van der Waals surface area contributed by atoms with Crippen molar-refractivity contribution in [2.45, 2.75) is 0 Å². The van der Waals surface area contributed by atoms with Crippen LogP contribution in [0.3, 0.4) is 0 Å². The highest BCUT2D eigenvalue weighted by atomic mass is 14.9. The Kier molecular flexibility index (Phi) is 5.09. The molecule has 4 heteroatoms. The SMILES string of the molecule is c1ccc(-c2nc(-c3cc(-c4ccccn4)cc(-c4ccccn4)c3)c3ccccc3n2)cc1. The number of rotatable bonds is 4. The average molecular weight is 437 g/mol. The van der Waals surface area contributed by atoms with E-state index in [1.807, 2.05) is 97.3 Å². The summed E-state index contributed by atoms with van der Waals surface area (Å²) in [5.74, 6) is 0.705. The van der Waals surface area contributed by atoms with Crippen LogP contribution in [0.25, 0.3) is 56.1 Å². The Hall–Kier alpha value is -4.70. The van der Waals surface area contributed by atoms with Gasteiger partial charge in [0.15, 0.2) is 5.82 Å².